The van der Waals surface area contributed by atoms with E-state index in [1.54, 1.807) is 6.20 Å². The highest BCUT2D eigenvalue weighted by Crippen LogP contribution is 2.31. The van der Waals surface area contributed by atoms with Crippen LogP contribution in [0.3, 0.4) is 0 Å². The van der Waals surface area contributed by atoms with Gasteiger partial charge in [-0.1, -0.05) is 0 Å². The molecule has 2 heterocycles. The fraction of sp³-hybridized carbons (Fsp3) is 0.357. The molecule has 0 atom stereocenters. The van der Waals surface area contributed by atoms with E-state index in [-0.39, 0.29) is 0 Å². The van der Waals surface area contributed by atoms with Crippen LogP contribution in [0.25, 0.3) is 5.69 Å². The second-order valence-corrected chi connectivity index (χ2v) is 4.43. The van der Waals surface area contributed by atoms with E-state index in [9.17, 15) is 0 Å². The first-order valence-corrected chi connectivity index (χ1v) is 6.51. The van der Waals surface area contributed by atoms with Crippen LogP contribution in [-0.4, -0.2) is 29.3 Å². The van der Waals surface area contributed by atoms with Crippen molar-refractivity contribution in [1.82, 2.24) is 9.55 Å². The molecule has 0 spiro atoms. The van der Waals surface area contributed by atoms with Gasteiger partial charge in [-0.2, -0.15) is 0 Å². The normalized spacial score (nSPS) is 14.2. The molecule has 0 amide bonds. The van der Waals surface area contributed by atoms with Crippen LogP contribution < -0.4 is 15.2 Å². The molecular weight excluding hydrogens is 242 g/mol. The molecule has 5 heteroatoms. The second kappa shape index (κ2) is 5.32. The molecule has 1 aromatic heterocycles. The van der Waals surface area contributed by atoms with Crippen LogP contribution in [0.5, 0.6) is 11.5 Å². The van der Waals surface area contributed by atoms with E-state index in [1.807, 2.05) is 29.0 Å². The molecule has 2 aromatic rings. The lowest BCUT2D eigenvalue weighted by atomic mass is 10.2. The van der Waals surface area contributed by atoms with Crippen molar-refractivity contribution >= 4 is 0 Å². The van der Waals surface area contributed by atoms with Crippen molar-refractivity contribution < 1.29 is 9.47 Å². The van der Waals surface area contributed by atoms with E-state index in [0.29, 0.717) is 19.8 Å². The number of nitrogens with zero attached hydrogens (tertiary/aromatic N) is 2. The fourth-order valence-electron chi connectivity index (χ4n) is 2.19. The SMILES string of the molecule is NCCc1nccn1-c1ccc2c(c1)OCCCO2. The van der Waals surface area contributed by atoms with Gasteiger partial charge in [-0.25, -0.2) is 4.98 Å². The second-order valence-electron chi connectivity index (χ2n) is 4.43. The van der Waals surface area contributed by atoms with Gasteiger partial charge >= 0.3 is 0 Å². The summed E-state index contributed by atoms with van der Waals surface area (Å²) in [6.45, 7) is 1.98. The highest BCUT2D eigenvalue weighted by Gasteiger charge is 2.12. The molecule has 0 aliphatic carbocycles. The predicted octanol–water partition coefficient (Wildman–Crippen LogP) is 1.53. The molecule has 0 saturated heterocycles. The number of benzene rings is 1. The van der Waals surface area contributed by atoms with E-state index in [1.165, 1.54) is 0 Å². The van der Waals surface area contributed by atoms with Crippen LogP contribution in [0.4, 0.5) is 0 Å². The molecule has 1 aliphatic heterocycles. The molecule has 0 radical (unpaired) electrons. The zero-order chi connectivity index (χ0) is 13.1. The van der Waals surface area contributed by atoms with Crippen molar-refractivity contribution in [2.45, 2.75) is 12.8 Å². The van der Waals surface area contributed by atoms with Crippen LogP contribution in [0, 0.1) is 0 Å². The topological polar surface area (TPSA) is 62.3 Å². The Morgan fingerprint density at radius 1 is 1.21 bits per heavy atom. The molecule has 1 aromatic carbocycles. The highest BCUT2D eigenvalue weighted by molar-refractivity contribution is 5.49. The maximum atomic E-state index is 5.70. The van der Waals surface area contributed by atoms with Gasteiger partial charge in [-0.3, -0.25) is 0 Å². The van der Waals surface area contributed by atoms with Crippen LogP contribution in [-0.2, 0) is 6.42 Å². The van der Waals surface area contributed by atoms with Crippen LogP contribution in [0.2, 0.25) is 0 Å². The average Bonchev–Trinajstić information content (AvgIpc) is 2.76. The average molecular weight is 259 g/mol. The Labute approximate surface area is 112 Å². The zero-order valence-corrected chi connectivity index (χ0v) is 10.7. The van der Waals surface area contributed by atoms with Gasteiger partial charge in [0, 0.05) is 31.3 Å². The third-order valence-corrected chi connectivity index (χ3v) is 3.09. The zero-order valence-electron chi connectivity index (χ0n) is 10.7. The van der Waals surface area contributed by atoms with E-state index in [4.69, 9.17) is 15.2 Å². The Morgan fingerprint density at radius 3 is 2.89 bits per heavy atom. The Balaban J connectivity index is 1.97. The molecule has 5 nitrogen and oxygen atoms in total. The van der Waals surface area contributed by atoms with Gasteiger partial charge in [-0.15, -0.1) is 0 Å². The van der Waals surface area contributed by atoms with E-state index in [0.717, 1.165) is 35.9 Å². The minimum Gasteiger partial charge on any atom is -0.490 e. The van der Waals surface area contributed by atoms with Crippen LogP contribution in [0.15, 0.2) is 30.6 Å². The molecule has 3 rings (SSSR count). The third-order valence-electron chi connectivity index (χ3n) is 3.09. The summed E-state index contributed by atoms with van der Waals surface area (Å²) in [6.07, 6.45) is 5.38. The summed E-state index contributed by atoms with van der Waals surface area (Å²) in [5.74, 6) is 2.56. The Kier molecular flexibility index (Phi) is 3.37. The molecule has 0 fully saturated rings. The van der Waals surface area contributed by atoms with Crippen LogP contribution in [0.1, 0.15) is 12.2 Å². The van der Waals surface area contributed by atoms with E-state index >= 15 is 0 Å². The molecule has 100 valence electrons. The monoisotopic (exact) mass is 259 g/mol. The number of hydrogen-bond donors (Lipinski definition) is 1. The quantitative estimate of drug-likeness (QED) is 0.908. The first kappa shape index (κ1) is 12.0. The molecule has 2 N–H and O–H groups in total. The molecular formula is C14H17N3O2. The lowest BCUT2D eigenvalue weighted by Crippen LogP contribution is -2.08. The van der Waals surface area contributed by atoms with Gasteiger partial charge in [0.15, 0.2) is 11.5 Å². The largest absolute Gasteiger partial charge is 0.490 e. The van der Waals surface area contributed by atoms with Crippen molar-refractivity contribution in [3.8, 4) is 17.2 Å². The number of ether oxygens (including phenoxy) is 2. The lowest BCUT2D eigenvalue weighted by molar-refractivity contribution is 0.297. The Morgan fingerprint density at radius 2 is 2.05 bits per heavy atom. The highest BCUT2D eigenvalue weighted by atomic mass is 16.5. The minimum atomic E-state index is 0.585. The van der Waals surface area contributed by atoms with Gasteiger partial charge in [0.1, 0.15) is 5.82 Å². The van der Waals surface area contributed by atoms with Gasteiger partial charge < -0.3 is 19.8 Å². The molecule has 0 saturated carbocycles. The lowest BCUT2D eigenvalue weighted by Gasteiger charge is -2.11. The number of nitrogens with two attached hydrogens (primary N) is 1. The maximum absolute atomic E-state index is 5.70. The standard InChI is InChI=1S/C14H17N3O2/c15-5-4-14-16-6-7-17(14)11-2-3-12-13(10-11)19-9-1-8-18-12/h2-3,6-7,10H,1,4-5,8-9,15H2. The molecule has 19 heavy (non-hydrogen) atoms. The van der Waals surface area contributed by atoms with E-state index in [2.05, 4.69) is 4.98 Å². The van der Waals surface area contributed by atoms with Gasteiger partial charge in [0.05, 0.1) is 18.9 Å². The summed E-state index contributed by atoms with van der Waals surface area (Å²) in [7, 11) is 0. The van der Waals surface area contributed by atoms with E-state index < -0.39 is 0 Å². The smallest absolute Gasteiger partial charge is 0.163 e. The molecule has 1 aliphatic rings. The summed E-state index contributed by atoms with van der Waals surface area (Å²) in [5.41, 5.74) is 6.62. The Hall–Kier alpha value is -2.01. The van der Waals surface area contributed by atoms with Crippen molar-refractivity contribution in [2.75, 3.05) is 19.8 Å². The summed E-state index contributed by atoms with van der Waals surface area (Å²) in [5, 5.41) is 0. The fourth-order valence-corrected chi connectivity index (χ4v) is 2.19. The third kappa shape index (κ3) is 2.42. The first-order valence-electron chi connectivity index (χ1n) is 6.51. The van der Waals surface area contributed by atoms with Gasteiger partial charge in [-0.05, 0) is 18.7 Å². The first-order chi connectivity index (χ1) is 9.38. The maximum Gasteiger partial charge on any atom is 0.163 e. The molecule has 0 unspecified atom stereocenters. The summed E-state index contributed by atoms with van der Waals surface area (Å²) >= 11 is 0. The number of imidazole rings is 1. The van der Waals surface area contributed by atoms with Gasteiger partial charge in [0.25, 0.3) is 0 Å². The van der Waals surface area contributed by atoms with Crippen molar-refractivity contribution in [3.63, 3.8) is 0 Å². The van der Waals surface area contributed by atoms with Crippen molar-refractivity contribution in [1.29, 1.82) is 0 Å². The van der Waals surface area contributed by atoms with Gasteiger partial charge in [0.2, 0.25) is 0 Å². The summed E-state index contributed by atoms with van der Waals surface area (Å²) in [6, 6.07) is 5.94. The van der Waals surface area contributed by atoms with Crippen molar-refractivity contribution in [3.05, 3.63) is 36.4 Å². The van der Waals surface area contributed by atoms with Crippen LogP contribution >= 0.6 is 0 Å². The Bertz CT molecular complexity index is 566. The number of hydrogen-bond acceptors (Lipinski definition) is 4. The summed E-state index contributed by atoms with van der Waals surface area (Å²) in [4.78, 5) is 4.32. The molecule has 0 bridgehead atoms. The number of aromatic nitrogens is 2. The van der Waals surface area contributed by atoms with Crippen molar-refractivity contribution in [2.24, 2.45) is 5.73 Å². The minimum absolute atomic E-state index is 0.585. The number of fused-ring (bicyclic) bond motifs is 1. The number of rotatable bonds is 3. The summed E-state index contributed by atoms with van der Waals surface area (Å²) < 4.78 is 13.4. The predicted molar refractivity (Wildman–Crippen MR) is 71.9 cm³/mol.